The summed E-state index contributed by atoms with van der Waals surface area (Å²) in [5.74, 6) is 0.173. The van der Waals surface area contributed by atoms with Crippen LogP contribution in [0, 0.1) is 44.4 Å². The number of H-pyrrole nitrogens is 2. The number of aromatic nitrogens is 3. The maximum Gasteiger partial charge on any atom is 0.436 e. The fourth-order valence-electron chi connectivity index (χ4n) is 13.9. The summed E-state index contributed by atoms with van der Waals surface area (Å²) in [4.78, 5) is 29.0. The summed E-state index contributed by atoms with van der Waals surface area (Å²) in [6.45, 7) is 10.9. The number of fused-ring (bicyclic) bond motifs is 4. The van der Waals surface area contributed by atoms with E-state index in [9.17, 15) is 95.9 Å². The van der Waals surface area contributed by atoms with Crippen LogP contribution >= 0.6 is 57.8 Å². The Balaban J connectivity index is 0.000000324. The fourth-order valence-corrected chi connectivity index (χ4v) is 25.9. The van der Waals surface area contributed by atoms with Crippen LogP contribution in [-0.4, -0.2) is 138 Å². The van der Waals surface area contributed by atoms with Crippen LogP contribution in [0.5, 0.6) is 0 Å². The van der Waals surface area contributed by atoms with Gasteiger partial charge in [-0.3, -0.25) is 27.6 Å². The molecule has 0 unspecified atom stereocenters. The van der Waals surface area contributed by atoms with Crippen LogP contribution in [0.1, 0.15) is 160 Å². The molecule has 5 aromatic heterocycles. The summed E-state index contributed by atoms with van der Waals surface area (Å²) in [6.07, 6.45) is -22.4. The molecule has 1 amide bonds. The van der Waals surface area contributed by atoms with E-state index in [0.29, 0.717) is 48.9 Å². The first-order chi connectivity index (χ1) is 63.2. The van der Waals surface area contributed by atoms with Gasteiger partial charge in [0.15, 0.2) is 5.82 Å². The third kappa shape index (κ3) is 31.2. The van der Waals surface area contributed by atoms with Gasteiger partial charge in [0.25, 0.3) is 40.1 Å². The molecule has 0 saturated carbocycles. The number of rotatable bonds is 33. The van der Waals surface area contributed by atoms with Gasteiger partial charge in [-0.25, -0.2) is 48.4 Å². The summed E-state index contributed by atoms with van der Waals surface area (Å²) >= 11 is 5.16. The topological polar surface area (TPSA) is 316 Å². The molecule has 0 aliphatic carbocycles. The second kappa shape index (κ2) is 51.4. The Morgan fingerprint density at radius 1 is 0.424 bits per heavy atom. The second-order valence-electron chi connectivity index (χ2n) is 30.0. The normalized spacial score (nSPS) is 11.9. The van der Waals surface area contributed by atoms with Gasteiger partial charge >= 0.3 is 36.5 Å². The molecule has 0 atom stereocenters. The Hall–Kier alpha value is -11.1. The minimum atomic E-state index is -4.31. The zero-order valence-corrected chi connectivity index (χ0v) is 80.7. The quantitative estimate of drug-likeness (QED) is 0.0149. The Kier molecular flexibility index (Phi) is 43.7. The molecule has 3 N–H and O–H groups in total. The van der Waals surface area contributed by atoms with E-state index in [2.05, 4.69) is 24.9 Å². The van der Waals surface area contributed by atoms with Gasteiger partial charge in [-0.05, 0) is 258 Å². The first-order valence-corrected chi connectivity index (χ1v) is 50.5. The predicted molar refractivity (Wildman–Crippen MR) is 536 cm³/mol. The van der Waals surface area contributed by atoms with Gasteiger partial charge in [-0.15, -0.1) is 62.7 Å². The van der Waals surface area contributed by atoms with E-state index in [1.165, 1.54) is 167 Å². The lowest BCUT2D eigenvalue weighted by Crippen LogP contribution is -2.32. The van der Waals surface area contributed by atoms with Gasteiger partial charge < -0.3 is 14.2 Å². The SMILES string of the molecule is C.C.C.C.CCOC(=N)c1ccc(S(=O)(=O)N(CCCCC(F)(F)F)c2sc3ccccc3c2C)cc1.CCOC(=NC(=O)OC)c1ccc(S(=O)(=O)N(CCCCC(F)(F)F)c2sc3ccccc3c2C)cc1.Cc1c(N(CCCCC(F)(F)F)S(=O)(=O)c2ccc(-c3n[nH]c(=O)[nH]3)cc2)sc2ccccc12.Cc1c(N(CCCCC(F)(F)F)S(=O)(=O)c2ccc(C#N)cc2)sc2ccccc12.Cl. The van der Waals surface area contributed by atoms with Crippen molar-refractivity contribution in [3.05, 3.63) is 244 Å². The molecule has 0 aliphatic rings. The van der Waals surface area contributed by atoms with E-state index in [1.54, 1.807) is 20.8 Å². The molecule has 13 rings (SSSR count). The number of aryl methyl sites for hydroxylation is 4. The van der Waals surface area contributed by atoms with Gasteiger partial charge in [-0.1, -0.05) is 103 Å². The molecule has 8 aromatic carbocycles. The van der Waals surface area contributed by atoms with Gasteiger partial charge in [0.2, 0.25) is 11.8 Å². The number of anilines is 4. The van der Waals surface area contributed by atoms with Crippen LogP contribution < -0.4 is 22.9 Å². The molecule has 0 aliphatic heterocycles. The molecule has 139 heavy (non-hydrogen) atoms. The largest absolute Gasteiger partial charge is 0.478 e. The number of thiophene rings is 4. The van der Waals surface area contributed by atoms with Crippen molar-refractivity contribution >= 4 is 176 Å². The number of sulfonamides is 4. The third-order valence-corrected chi connectivity index (χ3v) is 33.5. The maximum atomic E-state index is 13.8. The number of aromatic amines is 2. The highest BCUT2D eigenvalue weighted by molar-refractivity contribution is 7.94. The number of carbonyl (C=O) groups excluding carboxylic acids is 1. The maximum absolute atomic E-state index is 13.8. The third-order valence-electron chi connectivity index (χ3n) is 20.6. The molecule has 0 fully saturated rings. The monoisotopic (exact) mass is 2120 g/mol. The van der Waals surface area contributed by atoms with Gasteiger partial charge in [0.05, 0.1) is 51.5 Å². The lowest BCUT2D eigenvalue weighted by Gasteiger charge is -2.24. The highest BCUT2D eigenvalue weighted by Gasteiger charge is 2.37. The molecule has 0 spiro atoms. The first-order valence-electron chi connectivity index (χ1n) is 41.5. The van der Waals surface area contributed by atoms with Crippen LogP contribution in [-0.2, 0) is 54.3 Å². The molecule has 5 heterocycles. The Morgan fingerprint density at radius 2 is 0.698 bits per heavy atom. The van der Waals surface area contributed by atoms with Crippen molar-refractivity contribution in [2.75, 3.05) is 63.7 Å². The Labute approximate surface area is 823 Å². The number of benzene rings is 8. The van der Waals surface area contributed by atoms with Crippen molar-refractivity contribution in [1.29, 1.82) is 10.7 Å². The van der Waals surface area contributed by atoms with Crippen molar-refractivity contribution in [2.45, 2.75) is 193 Å². The molecular formula is C95H109ClF12N10O13S8. The number of amides is 1. The molecule has 0 saturated heterocycles. The van der Waals surface area contributed by atoms with Crippen molar-refractivity contribution in [2.24, 2.45) is 4.99 Å². The molecule has 0 bridgehead atoms. The highest BCUT2D eigenvalue weighted by atomic mass is 35.5. The average Bonchev–Trinajstić information content (AvgIpc) is 1.67. The van der Waals surface area contributed by atoms with Gasteiger partial charge in [0.1, 0.15) is 20.0 Å². The summed E-state index contributed by atoms with van der Waals surface area (Å²) < 4.78 is 283. The van der Waals surface area contributed by atoms with E-state index in [4.69, 9.17) is 20.1 Å². The summed E-state index contributed by atoms with van der Waals surface area (Å²) in [5.41, 5.74) is 4.17. The average molecular weight is 2120 g/mol. The van der Waals surface area contributed by atoms with Crippen LogP contribution in [0.2, 0.25) is 0 Å². The number of aliphatic imine (C=N–C) groups is 1. The van der Waals surface area contributed by atoms with Crippen molar-refractivity contribution in [3.8, 4) is 17.5 Å². The van der Waals surface area contributed by atoms with E-state index in [1.807, 2.05) is 124 Å². The lowest BCUT2D eigenvalue weighted by atomic mass is 10.2. The number of nitrogens with one attached hydrogen (secondary N) is 3. The smallest absolute Gasteiger partial charge is 0.436 e. The molecular weight excluding hydrogens is 2010 g/mol. The van der Waals surface area contributed by atoms with E-state index < -0.39 is 102 Å². The van der Waals surface area contributed by atoms with E-state index >= 15 is 0 Å². The second-order valence-corrected chi connectivity index (χ2v) is 41.6. The number of ether oxygens (including phenoxy) is 3. The summed E-state index contributed by atoms with van der Waals surface area (Å²) in [5, 5.41) is 28.4. The van der Waals surface area contributed by atoms with E-state index in [0.717, 1.165) is 62.6 Å². The Morgan fingerprint density at radius 3 is 0.950 bits per heavy atom. The van der Waals surface area contributed by atoms with Gasteiger partial charge in [0, 0.05) is 87.4 Å². The number of halogens is 13. The molecule has 23 nitrogen and oxygen atoms in total. The number of nitriles is 1. The van der Waals surface area contributed by atoms with E-state index in [-0.39, 0.29) is 163 Å². The summed E-state index contributed by atoms with van der Waals surface area (Å²) in [7, 11) is -15.1. The van der Waals surface area contributed by atoms with Crippen LogP contribution in [0.3, 0.4) is 0 Å². The van der Waals surface area contributed by atoms with Crippen molar-refractivity contribution in [1.82, 2.24) is 15.2 Å². The highest BCUT2D eigenvalue weighted by Crippen LogP contribution is 2.46. The molecule has 13 aromatic rings. The lowest BCUT2D eigenvalue weighted by molar-refractivity contribution is -0.136. The minimum absolute atomic E-state index is 0. The molecule has 44 heteroatoms. The number of nitrogens with zero attached hydrogens (tertiary/aromatic N) is 7. The Bertz CT molecular complexity index is 6870. The fraction of sp³-hybridized carbons (Fsp3) is 0.347. The van der Waals surface area contributed by atoms with Crippen LogP contribution in [0.15, 0.2) is 223 Å². The van der Waals surface area contributed by atoms with Crippen molar-refractivity contribution < 1.29 is 105 Å². The number of unbranched alkanes of at least 4 members (excludes halogenated alkanes) is 4. The molecule has 0 radical (unpaired) electrons. The first kappa shape index (κ1) is 118. The number of hydrogen-bond donors (Lipinski definition) is 3. The summed E-state index contributed by atoms with van der Waals surface area (Å²) in [6, 6.07) is 54.5. The predicted octanol–water partition coefficient (Wildman–Crippen LogP) is 27.4. The number of carbonyl (C=O) groups is 1. The van der Waals surface area contributed by atoms with Crippen LogP contribution in [0.25, 0.3) is 51.7 Å². The number of hydrogen-bond acceptors (Lipinski definition) is 20. The minimum Gasteiger partial charge on any atom is -0.478 e. The molecule has 756 valence electrons. The number of methoxy groups -OCH3 is 1. The zero-order valence-electron chi connectivity index (χ0n) is 73.4. The standard InChI is InChI=1S/C25H27F3N2O5S2.C23H25F3N2O3S2.C22H21F3N4O3S2.C21H19F3N2O2S2.4CH4.ClH/c1-4-35-22(29-24(31)34-3)18-11-13-19(14-12-18)37(32,33)30(16-8-7-15-25(26,27)28)23-17(2)20-9-5-6-10-21(20)36-23;1-3-31-21(27)17-10-12-18(13-11-17)33(29,30)28(15-7-6-14-23(24,25)26)22-16(2)19-8-4-5-9-20(19)32-22;1-14-17-6-2-3-7-18(17)33-20(14)29(13-5-4-12-22(23,24)25)34(31,32)16-10-8-15(9-11-16)19-26-21(30)28-27-19;1-15-18-6-2-3-7-19(18)29-20(15)26(13-5-4-12-21(22,23)24)30(27,28)17-10-8-16(14-25)9-11-17;;;;;/h5-6,9-14H,4,7-8,15-16H2,1-3H3;4-5,8-13,27H,3,6-7,14-15H2,1-2H3;2-3,6-11H,4-5,12-13H2,1H3,(H2,26,27,28,30);2-3,6-11H,4-5,12-13H2,1H3;4*1H4;1H. The zero-order chi connectivity index (χ0) is 97.9. The van der Waals surface area contributed by atoms with Crippen LogP contribution in [0.4, 0.5) is 77.5 Å². The number of alkyl halides is 12. The van der Waals surface area contributed by atoms with Crippen molar-refractivity contribution in [3.63, 3.8) is 0 Å². The van der Waals surface area contributed by atoms with Gasteiger partial charge in [-0.2, -0.15) is 63.0 Å².